The summed E-state index contributed by atoms with van der Waals surface area (Å²) < 4.78 is 138. The Balaban J connectivity index is 1.84. The summed E-state index contributed by atoms with van der Waals surface area (Å²) in [6, 6.07) is 7.50. The van der Waals surface area contributed by atoms with Crippen LogP contribution >= 0.6 is 0 Å². The molecule has 0 spiro atoms. The molecule has 2 aromatic carbocycles. The molecule has 39 heavy (non-hydrogen) atoms. The zero-order valence-electron chi connectivity index (χ0n) is 19.4. The van der Waals surface area contributed by atoms with E-state index in [2.05, 4.69) is 0 Å². The van der Waals surface area contributed by atoms with E-state index in [9.17, 15) is 43.2 Å². The Morgan fingerprint density at radius 2 is 0.923 bits per heavy atom. The molecule has 0 heterocycles. The van der Waals surface area contributed by atoms with Crippen LogP contribution in [0.3, 0.4) is 0 Å². The van der Waals surface area contributed by atoms with E-state index in [0.29, 0.717) is 12.1 Å². The fraction of sp³-hybridized carbons (Fsp3) is 0.167. The molecule has 0 radical (unpaired) electrons. The van der Waals surface area contributed by atoms with E-state index < -0.39 is 68.9 Å². The molecule has 0 aliphatic heterocycles. The van der Waals surface area contributed by atoms with Crippen LogP contribution in [0.25, 0.3) is 0 Å². The van der Waals surface area contributed by atoms with Gasteiger partial charge in [-0.2, -0.15) is 0 Å². The van der Waals surface area contributed by atoms with Gasteiger partial charge in [0.15, 0.2) is 0 Å². The summed E-state index contributed by atoms with van der Waals surface area (Å²) in [7, 11) is -11.4. The summed E-state index contributed by atoms with van der Waals surface area (Å²) in [4.78, 5) is -2.14. The van der Waals surface area contributed by atoms with Crippen molar-refractivity contribution in [2.75, 3.05) is 0 Å². The molecule has 0 saturated heterocycles. The second-order valence-electron chi connectivity index (χ2n) is 8.36. The number of hydrogen-bond donors (Lipinski definition) is 0. The molecule has 0 unspecified atom stereocenters. The first-order valence-electron chi connectivity index (χ1n) is 11.0. The number of halogens is 6. The first kappa shape index (κ1) is 29.3. The van der Waals surface area contributed by atoms with Crippen molar-refractivity contribution in [1.82, 2.24) is 0 Å². The van der Waals surface area contributed by atoms with E-state index in [1.54, 1.807) is 48.6 Å². The summed E-state index contributed by atoms with van der Waals surface area (Å²) in [6.07, 6.45) is 13.3. The molecule has 0 bridgehead atoms. The van der Waals surface area contributed by atoms with Gasteiger partial charge < -0.3 is 0 Å². The molecule has 0 N–H and O–H groups in total. The van der Waals surface area contributed by atoms with Crippen molar-refractivity contribution in [2.45, 2.75) is 28.1 Å². The molecule has 15 heteroatoms. The molecule has 208 valence electrons. The number of sulfone groups is 2. The first-order valence-corrected chi connectivity index (χ1v) is 18.8. The van der Waals surface area contributed by atoms with Gasteiger partial charge in [-0.25, -0.2) is 0 Å². The van der Waals surface area contributed by atoms with E-state index in [4.69, 9.17) is 5.63 Å². The Bertz CT molecular complexity index is 1450. The Morgan fingerprint density at radius 3 is 1.23 bits per heavy atom. The standard InChI is InChI=1S/2C7H5F3O3S.2C5H5.Zr/c2*8-7(9,10)14(12,13)6-3-1-2-5(11)4-6;2*1-2-4-5-3-1;/h2*1-4,11H;2*1-5H;/q;;;;+2/p-2. The van der Waals surface area contributed by atoms with Crippen LogP contribution in [-0.4, -0.2) is 27.9 Å². The molecule has 2 aliphatic rings. The minimum absolute atomic E-state index is 0.266. The maximum atomic E-state index is 13.2. The average molecular weight is 672 g/mol. The number of hydrogen-bond acceptors (Lipinski definition) is 6. The Hall–Kier alpha value is -2.64. The molecule has 6 nitrogen and oxygen atoms in total. The zero-order valence-corrected chi connectivity index (χ0v) is 23.5. The van der Waals surface area contributed by atoms with E-state index in [1.165, 1.54) is 12.1 Å². The Kier molecular flexibility index (Phi) is 7.83. The van der Waals surface area contributed by atoms with Crippen LogP contribution in [0.15, 0.2) is 107 Å². The van der Waals surface area contributed by atoms with Crippen LogP contribution in [0, 0.1) is 0 Å². The third-order valence-electron chi connectivity index (χ3n) is 5.82. The number of alkyl halides is 6. The molecule has 0 fully saturated rings. The minimum atomic E-state index is -5.71. The summed E-state index contributed by atoms with van der Waals surface area (Å²) in [6.45, 7) is 0. The number of allylic oxidation sites excluding steroid dienone is 8. The third-order valence-corrected chi connectivity index (χ3v) is 18.0. The molecular weight excluding hydrogens is 654 g/mol. The summed E-state index contributed by atoms with van der Waals surface area (Å²) in [5.41, 5.74) is -11.1. The topological polar surface area (TPSA) is 86.7 Å². The second-order valence-corrected chi connectivity index (χ2v) is 20.1. The van der Waals surface area contributed by atoms with Crippen LogP contribution in [0.5, 0.6) is 11.5 Å². The van der Waals surface area contributed by atoms with Gasteiger partial charge in [-0.1, -0.05) is 0 Å². The summed E-state index contributed by atoms with van der Waals surface area (Å²) in [5, 5.41) is 0. The Morgan fingerprint density at radius 1 is 0.590 bits per heavy atom. The van der Waals surface area contributed by atoms with E-state index in [0.717, 1.165) is 24.3 Å². The van der Waals surface area contributed by atoms with Gasteiger partial charge in [0.25, 0.3) is 0 Å². The van der Waals surface area contributed by atoms with Gasteiger partial charge in [-0.05, 0) is 0 Å². The molecule has 0 aromatic heterocycles. The van der Waals surface area contributed by atoms with Crippen molar-refractivity contribution in [3.63, 3.8) is 0 Å². The van der Waals surface area contributed by atoms with Gasteiger partial charge in [0.05, 0.1) is 0 Å². The van der Waals surface area contributed by atoms with Crippen LogP contribution < -0.4 is 5.63 Å². The molecule has 2 aliphatic carbocycles. The van der Waals surface area contributed by atoms with Crippen molar-refractivity contribution < 1.29 is 70.0 Å². The van der Waals surface area contributed by atoms with Gasteiger partial charge in [-0.3, -0.25) is 0 Å². The Labute approximate surface area is 225 Å². The zero-order chi connectivity index (χ0) is 28.7. The van der Waals surface area contributed by atoms with Crippen LogP contribution in [0.2, 0.25) is 7.25 Å². The average Bonchev–Trinajstić information content (AvgIpc) is 3.58. The predicted molar refractivity (Wildman–Crippen MR) is 125 cm³/mol. The molecule has 0 atom stereocenters. The quantitative estimate of drug-likeness (QED) is 0.296. The fourth-order valence-corrected chi connectivity index (χ4v) is 14.3. The normalized spacial score (nSPS) is 16.8. The van der Waals surface area contributed by atoms with E-state index >= 15 is 0 Å². The van der Waals surface area contributed by atoms with Crippen LogP contribution in [0.4, 0.5) is 26.3 Å². The van der Waals surface area contributed by atoms with Crippen molar-refractivity contribution in [2.24, 2.45) is 0 Å². The van der Waals surface area contributed by atoms with Crippen LogP contribution in [0.1, 0.15) is 0 Å². The van der Waals surface area contributed by atoms with Gasteiger partial charge in [0, 0.05) is 0 Å². The number of rotatable bonds is 8. The van der Waals surface area contributed by atoms with Gasteiger partial charge >= 0.3 is 226 Å². The SMILES string of the molecule is O=S(=O)(c1cccc([O][Zr]([O]c2cccc(S(=O)(=O)C(F)(F)F)c2)([CH]2C=CC=C2)[CH]2C=CC=C2)c1)C(F)(F)F. The van der Waals surface area contributed by atoms with Crippen molar-refractivity contribution >= 4 is 19.7 Å². The second kappa shape index (κ2) is 10.4. The third kappa shape index (κ3) is 5.66. The van der Waals surface area contributed by atoms with Crippen LogP contribution in [-0.2, 0) is 40.8 Å². The summed E-state index contributed by atoms with van der Waals surface area (Å²) in [5.74, 6) is -0.532. The predicted octanol–water partition coefficient (Wildman–Crippen LogP) is 6.54. The van der Waals surface area contributed by atoms with Gasteiger partial charge in [0.2, 0.25) is 0 Å². The summed E-state index contributed by atoms with van der Waals surface area (Å²) >= 11 is -5.01. The maximum absolute atomic E-state index is 13.2. The number of benzene rings is 2. The van der Waals surface area contributed by atoms with Crippen molar-refractivity contribution in [3.8, 4) is 11.5 Å². The van der Waals surface area contributed by atoms with Gasteiger partial charge in [-0.15, -0.1) is 0 Å². The monoisotopic (exact) mass is 670 g/mol. The van der Waals surface area contributed by atoms with E-state index in [1.807, 2.05) is 0 Å². The molecule has 4 rings (SSSR count). The van der Waals surface area contributed by atoms with E-state index in [-0.39, 0.29) is 11.5 Å². The first-order chi connectivity index (χ1) is 18.1. The fourth-order valence-electron chi connectivity index (χ4n) is 3.96. The van der Waals surface area contributed by atoms with Crippen molar-refractivity contribution in [1.29, 1.82) is 0 Å². The van der Waals surface area contributed by atoms with Gasteiger partial charge in [0.1, 0.15) is 0 Å². The molecule has 0 amide bonds. The molecule has 2 aromatic rings. The van der Waals surface area contributed by atoms with Crippen molar-refractivity contribution in [3.05, 3.63) is 97.1 Å². The molecular formula is C24H18F6O6S2Zr. The molecule has 0 saturated carbocycles.